The first-order valence-corrected chi connectivity index (χ1v) is 8.34. The molecule has 0 fully saturated rings. The van der Waals surface area contributed by atoms with E-state index in [0.29, 0.717) is 17.0 Å². The summed E-state index contributed by atoms with van der Waals surface area (Å²) in [5.74, 6) is -0.142. The van der Waals surface area contributed by atoms with Gasteiger partial charge in [-0.05, 0) is 36.8 Å². The topological polar surface area (TPSA) is 119 Å². The second-order valence-electron chi connectivity index (χ2n) is 6.23. The predicted molar refractivity (Wildman–Crippen MR) is 101 cm³/mol. The Morgan fingerprint density at radius 1 is 1.19 bits per heavy atom. The van der Waals surface area contributed by atoms with Crippen molar-refractivity contribution in [1.82, 2.24) is 20.8 Å². The van der Waals surface area contributed by atoms with Gasteiger partial charge in [0.2, 0.25) is 0 Å². The molecule has 8 heteroatoms. The van der Waals surface area contributed by atoms with Gasteiger partial charge in [0.15, 0.2) is 0 Å². The molecule has 0 aliphatic carbocycles. The molecule has 0 saturated heterocycles. The number of aromatic amines is 1. The zero-order chi connectivity index (χ0) is 19.0. The number of aromatic hydroxyl groups is 1. The summed E-state index contributed by atoms with van der Waals surface area (Å²) in [5, 5.41) is 25.5. The summed E-state index contributed by atoms with van der Waals surface area (Å²) in [6, 6.07) is 10.0. The molecule has 1 aromatic heterocycles. The maximum Gasteiger partial charge on any atom is 0.319 e. The Labute approximate surface area is 154 Å². The van der Waals surface area contributed by atoms with Crippen molar-refractivity contribution in [2.45, 2.75) is 6.92 Å². The van der Waals surface area contributed by atoms with Gasteiger partial charge in [-0.15, -0.1) is 0 Å². The number of amides is 3. The van der Waals surface area contributed by atoms with Gasteiger partial charge in [-0.1, -0.05) is 12.1 Å². The SMILES string of the molecule is CC1=C(C(=O)Nc2ccc3[nH]ncc3c2-c2ccc(O)cc2)CNC(=O)N1. The van der Waals surface area contributed by atoms with Crippen LogP contribution in [0.4, 0.5) is 10.5 Å². The zero-order valence-electron chi connectivity index (χ0n) is 14.5. The molecule has 5 N–H and O–H groups in total. The second kappa shape index (κ2) is 6.49. The number of phenols is 1. The Morgan fingerprint density at radius 3 is 2.70 bits per heavy atom. The molecule has 0 radical (unpaired) electrons. The smallest absolute Gasteiger partial charge is 0.319 e. The van der Waals surface area contributed by atoms with E-state index in [4.69, 9.17) is 0 Å². The summed E-state index contributed by atoms with van der Waals surface area (Å²) in [6.07, 6.45) is 1.69. The highest BCUT2D eigenvalue weighted by atomic mass is 16.3. The second-order valence-corrected chi connectivity index (χ2v) is 6.23. The predicted octanol–water partition coefficient (Wildman–Crippen LogP) is 2.46. The number of H-pyrrole nitrogens is 1. The third-order valence-electron chi connectivity index (χ3n) is 4.48. The molecular formula is C19H17N5O3. The van der Waals surface area contributed by atoms with Crippen molar-refractivity contribution in [1.29, 1.82) is 0 Å². The van der Waals surface area contributed by atoms with Gasteiger partial charge >= 0.3 is 6.03 Å². The van der Waals surface area contributed by atoms with E-state index < -0.39 is 0 Å². The van der Waals surface area contributed by atoms with E-state index in [-0.39, 0.29) is 24.2 Å². The van der Waals surface area contributed by atoms with Crippen LogP contribution in [0, 0.1) is 0 Å². The van der Waals surface area contributed by atoms with Crippen molar-refractivity contribution in [3.05, 3.63) is 53.9 Å². The van der Waals surface area contributed by atoms with Gasteiger partial charge in [0.05, 0.1) is 23.8 Å². The lowest BCUT2D eigenvalue weighted by molar-refractivity contribution is -0.113. The molecule has 0 saturated carbocycles. The molecule has 3 aromatic rings. The van der Waals surface area contributed by atoms with E-state index in [1.807, 2.05) is 6.07 Å². The summed E-state index contributed by atoms with van der Waals surface area (Å²) >= 11 is 0. The summed E-state index contributed by atoms with van der Waals surface area (Å²) in [4.78, 5) is 24.1. The van der Waals surface area contributed by atoms with Gasteiger partial charge in [0.25, 0.3) is 5.91 Å². The van der Waals surface area contributed by atoms with Gasteiger partial charge < -0.3 is 21.1 Å². The molecule has 0 bridgehead atoms. The van der Waals surface area contributed by atoms with Crippen molar-refractivity contribution in [2.24, 2.45) is 0 Å². The minimum absolute atomic E-state index is 0.159. The van der Waals surface area contributed by atoms with E-state index in [0.717, 1.165) is 22.0 Å². The van der Waals surface area contributed by atoms with Crippen LogP contribution in [0.2, 0.25) is 0 Å². The van der Waals surface area contributed by atoms with Crippen molar-refractivity contribution < 1.29 is 14.7 Å². The highest BCUT2D eigenvalue weighted by Gasteiger charge is 2.21. The third-order valence-corrected chi connectivity index (χ3v) is 4.48. The number of hydrogen-bond acceptors (Lipinski definition) is 4. The zero-order valence-corrected chi connectivity index (χ0v) is 14.5. The fraction of sp³-hybridized carbons (Fsp3) is 0.105. The van der Waals surface area contributed by atoms with E-state index >= 15 is 0 Å². The van der Waals surface area contributed by atoms with Crippen LogP contribution in [-0.2, 0) is 4.79 Å². The number of nitrogens with one attached hydrogen (secondary N) is 4. The number of hydrogen-bond donors (Lipinski definition) is 5. The van der Waals surface area contributed by atoms with Crippen LogP contribution in [0.15, 0.2) is 53.9 Å². The molecule has 136 valence electrons. The van der Waals surface area contributed by atoms with E-state index in [2.05, 4.69) is 26.1 Å². The van der Waals surface area contributed by atoms with Crippen molar-refractivity contribution in [3.63, 3.8) is 0 Å². The van der Waals surface area contributed by atoms with Crippen molar-refractivity contribution in [2.75, 3.05) is 11.9 Å². The van der Waals surface area contributed by atoms with Gasteiger partial charge in [-0.25, -0.2) is 4.79 Å². The molecule has 0 spiro atoms. The molecule has 4 rings (SSSR count). The molecule has 27 heavy (non-hydrogen) atoms. The summed E-state index contributed by atoms with van der Waals surface area (Å²) in [7, 11) is 0. The van der Waals surface area contributed by atoms with Gasteiger partial charge in [-0.2, -0.15) is 5.10 Å². The van der Waals surface area contributed by atoms with Crippen molar-refractivity contribution >= 4 is 28.5 Å². The number of nitrogens with zero attached hydrogens (tertiary/aromatic N) is 1. The number of fused-ring (bicyclic) bond motifs is 1. The average molecular weight is 363 g/mol. The minimum Gasteiger partial charge on any atom is -0.508 e. The first-order chi connectivity index (χ1) is 13.0. The van der Waals surface area contributed by atoms with E-state index in [1.165, 1.54) is 0 Å². The Kier molecular flexibility index (Phi) is 4.00. The summed E-state index contributed by atoms with van der Waals surface area (Å²) in [5.41, 5.74) is 4.04. The number of phenolic OH excluding ortho intramolecular Hbond substituents is 1. The monoisotopic (exact) mass is 363 g/mol. The largest absolute Gasteiger partial charge is 0.508 e. The molecule has 3 amide bonds. The Morgan fingerprint density at radius 2 is 1.96 bits per heavy atom. The van der Waals surface area contributed by atoms with Gasteiger partial charge in [0, 0.05) is 22.3 Å². The first-order valence-electron chi connectivity index (χ1n) is 8.34. The van der Waals surface area contributed by atoms with Gasteiger partial charge in [0.1, 0.15) is 5.75 Å². The van der Waals surface area contributed by atoms with Crippen LogP contribution in [-0.4, -0.2) is 33.8 Å². The number of aromatic nitrogens is 2. The molecular weight excluding hydrogens is 346 g/mol. The maximum absolute atomic E-state index is 12.8. The number of carbonyl (C=O) groups is 2. The Hall–Kier alpha value is -3.81. The molecule has 2 aromatic carbocycles. The first kappa shape index (κ1) is 16.6. The van der Waals surface area contributed by atoms with Crippen LogP contribution >= 0.6 is 0 Å². The fourth-order valence-corrected chi connectivity index (χ4v) is 3.10. The number of anilines is 1. The van der Waals surface area contributed by atoms with E-state index in [1.54, 1.807) is 43.5 Å². The number of carbonyl (C=O) groups excluding carboxylic acids is 2. The quantitative estimate of drug-likeness (QED) is 0.491. The lowest BCUT2D eigenvalue weighted by Gasteiger charge is -2.20. The lowest BCUT2D eigenvalue weighted by atomic mass is 9.99. The normalized spacial score (nSPS) is 14.0. The van der Waals surface area contributed by atoms with Crippen LogP contribution in [0.3, 0.4) is 0 Å². The molecule has 8 nitrogen and oxygen atoms in total. The molecule has 0 unspecified atom stereocenters. The average Bonchev–Trinajstić information content (AvgIpc) is 3.11. The number of rotatable bonds is 3. The van der Waals surface area contributed by atoms with Crippen molar-refractivity contribution in [3.8, 4) is 16.9 Å². The van der Waals surface area contributed by atoms with Crippen LogP contribution < -0.4 is 16.0 Å². The minimum atomic E-state index is -0.325. The molecule has 0 atom stereocenters. The standard InChI is InChI=1S/C19H17N5O3/c1-10-13(8-20-19(27)22-10)18(26)23-16-7-6-15-14(9-21-24-15)17(16)11-2-4-12(25)5-3-11/h2-7,9,25H,8H2,1H3,(H,21,24)(H,23,26)(H2,20,22,27). The summed E-state index contributed by atoms with van der Waals surface area (Å²) < 4.78 is 0. The Bertz CT molecular complexity index is 1080. The molecule has 1 aliphatic rings. The van der Waals surface area contributed by atoms with Crippen LogP contribution in [0.1, 0.15) is 6.92 Å². The fourth-order valence-electron chi connectivity index (χ4n) is 3.10. The summed E-state index contributed by atoms with van der Waals surface area (Å²) in [6.45, 7) is 1.85. The van der Waals surface area contributed by atoms with Crippen LogP contribution in [0.5, 0.6) is 5.75 Å². The third kappa shape index (κ3) is 3.08. The highest BCUT2D eigenvalue weighted by Crippen LogP contribution is 2.35. The van der Waals surface area contributed by atoms with E-state index in [9.17, 15) is 14.7 Å². The number of allylic oxidation sites excluding steroid dienone is 1. The maximum atomic E-state index is 12.8. The molecule has 2 heterocycles. The molecule has 1 aliphatic heterocycles. The Balaban J connectivity index is 1.77. The van der Waals surface area contributed by atoms with Crippen LogP contribution in [0.25, 0.3) is 22.0 Å². The number of benzene rings is 2. The highest BCUT2D eigenvalue weighted by molar-refractivity contribution is 6.11. The van der Waals surface area contributed by atoms with Gasteiger partial charge in [-0.3, -0.25) is 9.89 Å². The number of urea groups is 1. The lowest BCUT2D eigenvalue weighted by Crippen LogP contribution is -2.43.